The van der Waals surface area contributed by atoms with Crippen LogP contribution in [0, 0.1) is 0 Å². The van der Waals surface area contributed by atoms with Crippen molar-refractivity contribution in [2.45, 2.75) is 12.8 Å². The molecule has 0 amide bonds. The van der Waals surface area contributed by atoms with Gasteiger partial charge >= 0.3 is 5.97 Å². The third kappa shape index (κ3) is 2.54. The highest BCUT2D eigenvalue weighted by molar-refractivity contribution is 6.30. The molecular weight excluding hydrogens is 252 g/mol. The van der Waals surface area contributed by atoms with Gasteiger partial charge in [-0.25, -0.2) is 4.68 Å². The van der Waals surface area contributed by atoms with Crippen molar-refractivity contribution < 1.29 is 9.53 Å². The molecule has 94 valence electrons. The second-order valence-corrected chi connectivity index (χ2v) is 4.35. The van der Waals surface area contributed by atoms with Gasteiger partial charge in [-0.05, 0) is 31.2 Å². The number of hydrogen-bond donors (Lipinski definition) is 0. The van der Waals surface area contributed by atoms with Crippen LogP contribution < -0.4 is 0 Å². The molecule has 0 aliphatic heterocycles. The Bertz CT molecular complexity index is 566. The molecule has 0 fully saturated rings. The normalized spacial score (nSPS) is 12.2. The Labute approximate surface area is 110 Å². The minimum absolute atomic E-state index is 0.300. The lowest BCUT2D eigenvalue weighted by molar-refractivity contribution is -0.142. The molecule has 1 heterocycles. The van der Waals surface area contributed by atoms with Crippen molar-refractivity contribution in [1.82, 2.24) is 9.78 Å². The van der Waals surface area contributed by atoms with E-state index in [9.17, 15) is 4.79 Å². The van der Waals surface area contributed by atoms with E-state index in [4.69, 9.17) is 16.3 Å². The number of hydrogen-bond acceptors (Lipinski definition) is 3. The number of ether oxygens (including phenoxy) is 1. The van der Waals surface area contributed by atoms with Gasteiger partial charge in [0.25, 0.3) is 0 Å². The Balaban J connectivity index is 2.28. The lowest BCUT2D eigenvalue weighted by atomic mass is 10.1. The topological polar surface area (TPSA) is 44.1 Å². The fourth-order valence-corrected chi connectivity index (χ4v) is 1.81. The standard InChI is InChI=1S/C13H13ClN2O2/c1-9(13(17)18-2)12-6-7-16(15-12)11-5-3-4-10(14)8-11/h3-9H,1-2H3. The molecule has 1 aromatic carbocycles. The maximum absolute atomic E-state index is 11.4. The van der Waals surface area contributed by atoms with Crippen molar-refractivity contribution in [1.29, 1.82) is 0 Å². The van der Waals surface area contributed by atoms with Gasteiger partial charge in [0.2, 0.25) is 0 Å². The van der Waals surface area contributed by atoms with Gasteiger partial charge in [-0.2, -0.15) is 5.10 Å². The number of benzene rings is 1. The fourth-order valence-electron chi connectivity index (χ4n) is 1.63. The predicted octanol–water partition coefficient (Wildman–Crippen LogP) is 2.80. The molecule has 2 aromatic rings. The van der Waals surface area contributed by atoms with Gasteiger partial charge in [0, 0.05) is 11.2 Å². The fraction of sp³-hybridized carbons (Fsp3) is 0.231. The second kappa shape index (κ2) is 5.23. The zero-order valence-corrected chi connectivity index (χ0v) is 10.9. The molecular formula is C13H13ClN2O2. The van der Waals surface area contributed by atoms with E-state index >= 15 is 0 Å². The van der Waals surface area contributed by atoms with Crippen LogP contribution in [0.2, 0.25) is 5.02 Å². The summed E-state index contributed by atoms with van der Waals surface area (Å²) in [5.41, 5.74) is 1.52. The predicted molar refractivity (Wildman–Crippen MR) is 69.0 cm³/mol. The molecule has 0 spiro atoms. The molecule has 4 nitrogen and oxygen atoms in total. The number of methoxy groups -OCH3 is 1. The van der Waals surface area contributed by atoms with Crippen molar-refractivity contribution in [2.24, 2.45) is 0 Å². The Morgan fingerprint density at radius 1 is 1.44 bits per heavy atom. The molecule has 18 heavy (non-hydrogen) atoms. The van der Waals surface area contributed by atoms with E-state index in [1.807, 2.05) is 12.1 Å². The summed E-state index contributed by atoms with van der Waals surface area (Å²) in [6, 6.07) is 9.14. The second-order valence-electron chi connectivity index (χ2n) is 3.91. The van der Waals surface area contributed by atoms with Crippen molar-refractivity contribution >= 4 is 17.6 Å². The van der Waals surface area contributed by atoms with E-state index in [2.05, 4.69) is 5.10 Å². The Morgan fingerprint density at radius 3 is 2.89 bits per heavy atom. The smallest absolute Gasteiger partial charge is 0.314 e. The van der Waals surface area contributed by atoms with Gasteiger partial charge in [0.1, 0.15) is 0 Å². The van der Waals surface area contributed by atoms with E-state index in [0.717, 1.165) is 5.69 Å². The first-order chi connectivity index (χ1) is 8.61. The molecule has 0 saturated carbocycles. The van der Waals surface area contributed by atoms with Crippen molar-refractivity contribution in [3.63, 3.8) is 0 Å². The molecule has 1 aromatic heterocycles. The molecule has 1 atom stereocenters. The first-order valence-electron chi connectivity index (χ1n) is 5.51. The molecule has 0 radical (unpaired) electrons. The average molecular weight is 265 g/mol. The van der Waals surface area contributed by atoms with E-state index in [1.54, 1.807) is 36.0 Å². The highest BCUT2D eigenvalue weighted by Crippen LogP contribution is 2.18. The Kier molecular flexibility index (Phi) is 3.67. The summed E-state index contributed by atoms with van der Waals surface area (Å²) in [5, 5.41) is 4.99. The maximum atomic E-state index is 11.4. The van der Waals surface area contributed by atoms with Crippen LogP contribution in [0.15, 0.2) is 36.5 Å². The summed E-state index contributed by atoms with van der Waals surface area (Å²) in [5.74, 6) is -0.679. The summed E-state index contributed by atoms with van der Waals surface area (Å²) < 4.78 is 6.37. The van der Waals surface area contributed by atoms with Gasteiger partial charge in [0.05, 0.1) is 24.4 Å². The van der Waals surface area contributed by atoms with Crippen LogP contribution in [0.3, 0.4) is 0 Å². The number of halogens is 1. The molecule has 0 bridgehead atoms. The SMILES string of the molecule is COC(=O)C(C)c1ccn(-c2cccc(Cl)c2)n1. The van der Waals surface area contributed by atoms with Gasteiger partial charge in [0.15, 0.2) is 0 Å². The molecule has 0 aliphatic rings. The number of esters is 1. The van der Waals surface area contributed by atoms with Gasteiger partial charge in [-0.1, -0.05) is 17.7 Å². The first kappa shape index (κ1) is 12.6. The molecule has 5 heteroatoms. The number of carbonyl (C=O) groups excluding carboxylic acids is 1. The molecule has 0 N–H and O–H groups in total. The number of carbonyl (C=O) groups is 1. The zero-order valence-electron chi connectivity index (χ0n) is 10.1. The third-order valence-corrected chi connectivity index (χ3v) is 2.92. The summed E-state index contributed by atoms with van der Waals surface area (Å²) in [7, 11) is 1.37. The Hall–Kier alpha value is -1.81. The number of aromatic nitrogens is 2. The van der Waals surface area contributed by atoms with Crippen molar-refractivity contribution in [3.05, 3.63) is 47.2 Å². The van der Waals surface area contributed by atoms with Crippen molar-refractivity contribution in [3.8, 4) is 5.69 Å². The summed E-state index contributed by atoms with van der Waals surface area (Å²) in [6.45, 7) is 1.76. The first-order valence-corrected chi connectivity index (χ1v) is 5.89. The maximum Gasteiger partial charge on any atom is 0.314 e. The monoisotopic (exact) mass is 264 g/mol. The lowest BCUT2D eigenvalue weighted by Crippen LogP contribution is -2.11. The number of nitrogens with zero attached hydrogens (tertiary/aromatic N) is 2. The summed E-state index contributed by atoms with van der Waals surface area (Å²) >= 11 is 5.92. The molecule has 2 rings (SSSR count). The van der Waals surface area contributed by atoms with Crippen LogP contribution in [-0.2, 0) is 9.53 Å². The van der Waals surface area contributed by atoms with Gasteiger partial charge < -0.3 is 4.74 Å². The van der Waals surface area contributed by atoms with E-state index in [0.29, 0.717) is 10.7 Å². The van der Waals surface area contributed by atoms with Crippen LogP contribution in [0.25, 0.3) is 5.69 Å². The summed E-state index contributed by atoms with van der Waals surface area (Å²) in [4.78, 5) is 11.4. The average Bonchev–Trinajstić information content (AvgIpc) is 2.86. The minimum atomic E-state index is -0.379. The van der Waals surface area contributed by atoms with Crippen molar-refractivity contribution in [2.75, 3.05) is 7.11 Å². The Morgan fingerprint density at radius 2 is 2.22 bits per heavy atom. The van der Waals surface area contributed by atoms with Crippen LogP contribution >= 0.6 is 11.6 Å². The van der Waals surface area contributed by atoms with E-state index in [1.165, 1.54) is 7.11 Å². The van der Waals surface area contributed by atoms with Crippen LogP contribution in [0.5, 0.6) is 0 Å². The van der Waals surface area contributed by atoms with Gasteiger partial charge in [-0.3, -0.25) is 4.79 Å². The van der Waals surface area contributed by atoms with Crippen LogP contribution in [0.1, 0.15) is 18.5 Å². The van der Waals surface area contributed by atoms with Gasteiger partial charge in [-0.15, -0.1) is 0 Å². The summed E-state index contributed by atoms with van der Waals surface area (Å²) in [6.07, 6.45) is 1.79. The largest absolute Gasteiger partial charge is 0.469 e. The van der Waals surface area contributed by atoms with E-state index in [-0.39, 0.29) is 11.9 Å². The molecule has 1 unspecified atom stereocenters. The lowest BCUT2D eigenvalue weighted by Gasteiger charge is -2.05. The van der Waals surface area contributed by atoms with Crippen LogP contribution in [-0.4, -0.2) is 22.9 Å². The zero-order chi connectivity index (χ0) is 13.1. The number of rotatable bonds is 3. The molecule has 0 aliphatic carbocycles. The highest BCUT2D eigenvalue weighted by atomic mass is 35.5. The highest BCUT2D eigenvalue weighted by Gasteiger charge is 2.18. The molecule has 0 saturated heterocycles. The minimum Gasteiger partial charge on any atom is -0.469 e. The third-order valence-electron chi connectivity index (χ3n) is 2.68. The van der Waals surface area contributed by atoms with E-state index < -0.39 is 0 Å². The van der Waals surface area contributed by atoms with Crippen LogP contribution in [0.4, 0.5) is 0 Å². The quantitative estimate of drug-likeness (QED) is 0.801.